The van der Waals surface area contributed by atoms with Crippen LogP contribution in [0, 0.1) is 19.8 Å². The number of piperidine rings is 1. The van der Waals surface area contributed by atoms with Crippen LogP contribution < -0.4 is 10.6 Å². The number of anilines is 1. The van der Waals surface area contributed by atoms with Crippen molar-refractivity contribution in [2.75, 3.05) is 18.0 Å². The summed E-state index contributed by atoms with van der Waals surface area (Å²) in [5.74, 6) is 1.33. The molecule has 1 aliphatic heterocycles. The zero-order valence-corrected chi connectivity index (χ0v) is 12.1. The quantitative estimate of drug-likeness (QED) is 0.856. The maximum absolute atomic E-state index is 9.65. The van der Waals surface area contributed by atoms with Gasteiger partial charge in [-0.1, -0.05) is 0 Å². The molecule has 0 aliphatic carbocycles. The van der Waals surface area contributed by atoms with Crippen LogP contribution in [0.15, 0.2) is 0 Å². The van der Waals surface area contributed by atoms with Crippen LogP contribution in [0.1, 0.15) is 36.6 Å². The minimum Gasteiger partial charge on any atom is -0.393 e. The van der Waals surface area contributed by atoms with Crippen molar-refractivity contribution in [1.82, 2.24) is 10.2 Å². The van der Waals surface area contributed by atoms with Crippen LogP contribution >= 0.6 is 0 Å². The number of aliphatic hydroxyl groups excluding tert-OH is 1. The van der Waals surface area contributed by atoms with Crippen LogP contribution in [-0.4, -0.2) is 34.5 Å². The van der Waals surface area contributed by atoms with Gasteiger partial charge >= 0.3 is 0 Å². The van der Waals surface area contributed by atoms with Gasteiger partial charge in [-0.15, -0.1) is 5.10 Å². The number of nitrogens with two attached hydrogens (primary N) is 1. The summed E-state index contributed by atoms with van der Waals surface area (Å²) < 4.78 is 0. The highest BCUT2D eigenvalue weighted by atomic mass is 16.3. The molecule has 5 heteroatoms. The molecule has 2 heterocycles. The largest absolute Gasteiger partial charge is 0.393 e. The molecule has 1 aromatic rings. The fraction of sp³-hybridized carbons (Fsp3) is 0.714. The topological polar surface area (TPSA) is 75.3 Å². The summed E-state index contributed by atoms with van der Waals surface area (Å²) in [6, 6.07) is 0. The van der Waals surface area contributed by atoms with Gasteiger partial charge in [0.05, 0.1) is 11.8 Å². The second-order valence-corrected chi connectivity index (χ2v) is 5.48. The molecule has 2 rings (SSSR count). The number of rotatable bonds is 3. The number of aliphatic hydroxyl groups is 1. The Hall–Kier alpha value is -1.20. The second-order valence-electron chi connectivity index (χ2n) is 5.48. The van der Waals surface area contributed by atoms with Crippen LogP contribution in [0.25, 0.3) is 0 Å². The third kappa shape index (κ3) is 2.87. The van der Waals surface area contributed by atoms with Crippen LogP contribution in [0.3, 0.4) is 0 Å². The fourth-order valence-electron chi connectivity index (χ4n) is 2.74. The van der Waals surface area contributed by atoms with E-state index in [0.717, 1.165) is 48.6 Å². The first-order valence-corrected chi connectivity index (χ1v) is 7.00. The lowest BCUT2D eigenvalue weighted by Crippen LogP contribution is -2.38. The predicted molar refractivity (Wildman–Crippen MR) is 76.0 cm³/mol. The smallest absolute Gasteiger partial charge is 0.156 e. The molecule has 1 saturated heterocycles. The maximum Gasteiger partial charge on any atom is 0.156 e. The van der Waals surface area contributed by atoms with Crippen molar-refractivity contribution < 1.29 is 5.11 Å². The van der Waals surface area contributed by atoms with Gasteiger partial charge in [0.2, 0.25) is 0 Å². The molecule has 0 bridgehead atoms. The molecule has 0 spiro atoms. The number of aryl methyl sites for hydroxylation is 1. The Kier molecular flexibility index (Phi) is 4.37. The highest BCUT2D eigenvalue weighted by Crippen LogP contribution is 2.27. The van der Waals surface area contributed by atoms with Crippen LogP contribution in [0.4, 0.5) is 5.82 Å². The molecule has 0 saturated carbocycles. The number of hydrogen-bond acceptors (Lipinski definition) is 5. The van der Waals surface area contributed by atoms with E-state index in [0.29, 0.717) is 12.5 Å². The highest BCUT2D eigenvalue weighted by molar-refractivity contribution is 5.50. The van der Waals surface area contributed by atoms with Crippen molar-refractivity contribution in [2.45, 2.75) is 46.3 Å². The molecule has 1 fully saturated rings. The monoisotopic (exact) mass is 264 g/mol. The van der Waals surface area contributed by atoms with Gasteiger partial charge < -0.3 is 15.7 Å². The molecule has 0 radical (unpaired) electrons. The average Bonchev–Trinajstić information content (AvgIpc) is 2.41. The Morgan fingerprint density at radius 2 is 1.95 bits per heavy atom. The lowest BCUT2D eigenvalue weighted by molar-refractivity contribution is 0.109. The van der Waals surface area contributed by atoms with Crippen molar-refractivity contribution in [3.63, 3.8) is 0 Å². The first-order valence-electron chi connectivity index (χ1n) is 7.00. The van der Waals surface area contributed by atoms with Gasteiger partial charge in [-0.25, -0.2) is 0 Å². The van der Waals surface area contributed by atoms with Gasteiger partial charge in [0.25, 0.3) is 0 Å². The zero-order chi connectivity index (χ0) is 14.0. The molecule has 1 aliphatic rings. The average molecular weight is 264 g/mol. The van der Waals surface area contributed by atoms with Gasteiger partial charge in [-0.05, 0) is 45.1 Å². The lowest BCUT2D eigenvalue weighted by atomic mass is 9.92. The molecule has 0 aromatic carbocycles. The first kappa shape index (κ1) is 14.2. The van der Waals surface area contributed by atoms with Gasteiger partial charge in [0.15, 0.2) is 5.82 Å². The summed E-state index contributed by atoms with van der Waals surface area (Å²) in [7, 11) is 0. The fourth-order valence-corrected chi connectivity index (χ4v) is 2.74. The summed E-state index contributed by atoms with van der Waals surface area (Å²) in [5, 5.41) is 18.2. The molecule has 3 N–H and O–H groups in total. The van der Waals surface area contributed by atoms with Crippen molar-refractivity contribution in [1.29, 1.82) is 0 Å². The Morgan fingerprint density at radius 1 is 1.32 bits per heavy atom. The van der Waals surface area contributed by atoms with E-state index < -0.39 is 0 Å². The third-order valence-corrected chi connectivity index (χ3v) is 4.29. The summed E-state index contributed by atoms with van der Waals surface area (Å²) in [4.78, 5) is 2.25. The second kappa shape index (κ2) is 5.84. The van der Waals surface area contributed by atoms with E-state index in [4.69, 9.17) is 5.73 Å². The number of nitrogens with zero attached hydrogens (tertiary/aromatic N) is 3. The summed E-state index contributed by atoms with van der Waals surface area (Å²) in [6.45, 7) is 8.22. The van der Waals surface area contributed by atoms with E-state index >= 15 is 0 Å². The molecular weight excluding hydrogens is 240 g/mol. The van der Waals surface area contributed by atoms with E-state index in [1.807, 2.05) is 13.8 Å². The van der Waals surface area contributed by atoms with Crippen LogP contribution in [0.5, 0.6) is 0 Å². The minimum absolute atomic E-state index is 0.220. The van der Waals surface area contributed by atoms with E-state index in [1.165, 1.54) is 0 Å². The molecule has 1 atom stereocenters. The van der Waals surface area contributed by atoms with Crippen LogP contribution in [-0.2, 0) is 6.54 Å². The molecule has 0 amide bonds. The first-order chi connectivity index (χ1) is 9.04. The van der Waals surface area contributed by atoms with Gasteiger partial charge in [-0.3, -0.25) is 0 Å². The van der Waals surface area contributed by atoms with E-state index in [1.54, 1.807) is 0 Å². The third-order valence-electron chi connectivity index (χ3n) is 4.29. The van der Waals surface area contributed by atoms with Gasteiger partial charge in [0, 0.05) is 25.2 Å². The number of hydrogen-bond donors (Lipinski definition) is 2. The van der Waals surface area contributed by atoms with E-state index in [-0.39, 0.29) is 6.10 Å². The van der Waals surface area contributed by atoms with Crippen LogP contribution in [0.2, 0.25) is 0 Å². The Bertz CT molecular complexity index is 439. The normalized spacial score (nSPS) is 18.7. The molecule has 106 valence electrons. The highest BCUT2D eigenvalue weighted by Gasteiger charge is 2.25. The van der Waals surface area contributed by atoms with Crippen molar-refractivity contribution >= 4 is 5.82 Å². The molecular formula is C14H24N4O. The molecule has 19 heavy (non-hydrogen) atoms. The molecule has 1 unspecified atom stereocenters. The van der Waals surface area contributed by atoms with E-state index in [9.17, 15) is 5.11 Å². The lowest BCUT2D eigenvalue weighted by Gasteiger charge is -2.35. The summed E-state index contributed by atoms with van der Waals surface area (Å²) in [5.41, 5.74) is 9.06. The predicted octanol–water partition coefficient (Wildman–Crippen LogP) is 1.15. The summed E-state index contributed by atoms with van der Waals surface area (Å²) in [6.07, 6.45) is 1.77. The maximum atomic E-state index is 9.65. The minimum atomic E-state index is -0.220. The Morgan fingerprint density at radius 3 is 2.47 bits per heavy atom. The SMILES string of the molecule is Cc1nnc(N2CCC(C(C)O)CC2)c(CN)c1C. The van der Waals surface area contributed by atoms with Gasteiger partial charge in [0.1, 0.15) is 0 Å². The zero-order valence-electron chi connectivity index (χ0n) is 12.1. The Balaban J connectivity index is 2.18. The van der Waals surface area contributed by atoms with E-state index in [2.05, 4.69) is 22.0 Å². The molecule has 1 aromatic heterocycles. The van der Waals surface area contributed by atoms with Crippen molar-refractivity contribution in [3.05, 3.63) is 16.8 Å². The Labute approximate surface area is 114 Å². The van der Waals surface area contributed by atoms with Gasteiger partial charge in [-0.2, -0.15) is 5.10 Å². The molecule has 5 nitrogen and oxygen atoms in total. The summed E-state index contributed by atoms with van der Waals surface area (Å²) >= 11 is 0. The van der Waals surface area contributed by atoms with Crippen molar-refractivity contribution in [3.8, 4) is 0 Å². The number of aromatic nitrogens is 2. The van der Waals surface area contributed by atoms with Crippen molar-refractivity contribution in [2.24, 2.45) is 11.7 Å². The standard InChI is InChI=1S/C14H24N4O/c1-9-10(2)16-17-14(13(9)8-15)18-6-4-12(5-7-18)11(3)19/h11-12,19H,4-8,15H2,1-3H3.